The number of alkyl halides is 2. The van der Waals surface area contributed by atoms with Gasteiger partial charge in [0.05, 0.1) is 11.1 Å². The first-order valence-corrected chi connectivity index (χ1v) is 11.3. The first-order chi connectivity index (χ1) is 18.5. The zero-order chi connectivity index (χ0) is 28.4. The van der Waals surface area contributed by atoms with Gasteiger partial charge >= 0.3 is 0 Å². The van der Waals surface area contributed by atoms with E-state index in [0.29, 0.717) is 12.1 Å². The maximum atomic E-state index is 14.7. The van der Waals surface area contributed by atoms with Crippen LogP contribution >= 0.6 is 0 Å². The summed E-state index contributed by atoms with van der Waals surface area (Å²) in [5, 5.41) is 0. The third-order valence-corrected chi connectivity index (χ3v) is 5.87. The van der Waals surface area contributed by atoms with E-state index >= 15 is 0 Å². The lowest BCUT2D eigenvalue weighted by Gasteiger charge is -2.11. The predicted octanol–water partition coefficient (Wildman–Crippen LogP) is 8.86. The first kappa shape index (κ1) is 27.9. The van der Waals surface area contributed by atoms with Gasteiger partial charge in [-0.3, -0.25) is 0 Å². The summed E-state index contributed by atoms with van der Waals surface area (Å²) in [6.07, 6.45) is -0.686. The Labute approximate surface area is 216 Å². The van der Waals surface area contributed by atoms with Gasteiger partial charge in [0.2, 0.25) is 0 Å². The molecule has 39 heavy (non-hydrogen) atoms. The van der Waals surface area contributed by atoms with Crippen molar-refractivity contribution in [3.05, 3.63) is 112 Å². The molecule has 3 aromatic carbocycles. The van der Waals surface area contributed by atoms with Crippen molar-refractivity contribution < 1.29 is 39.5 Å². The number of rotatable bonds is 7. The standard InChI is InChI=1S/C28H17F9N2/c1-13(29)27(35)15-3-4-18(19(30)8-15)17-11-38-24(39-12-17)5-2-14-6-20(31)25(21(32)7-14)16-9-22(33)26(28(36)37)23(34)10-16/h3-4,6-12,28H,2,5H2,1H3/b27-13+. The quantitative estimate of drug-likeness (QED) is 0.214. The lowest BCUT2D eigenvalue weighted by molar-refractivity contribution is 0.141. The fraction of sp³-hybridized carbons (Fsp3) is 0.143. The summed E-state index contributed by atoms with van der Waals surface area (Å²) >= 11 is 0. The number of hydrogen-bond donors (Lipinski definition) is 0. The molecule has 1 heterocycles. The second-order valence-corrected chi connectivity index (χ2v) is 8.52. The summed E-state index contributed by atoms with van der Waals surface area (Å²) < 4.78 is 124. The number of halogens is 9. The molecule has 0 amide bonds. The molecule has 1 aromatic heterocycles. The summed E-state index contributed by atoms with van der Waals surface area (Å²) in [6, 6.07) is 6.04. The molecule has 0 aliphatic carbocycles. The van der Waals surface area contributed by atoms with Gasteiger partial charge in [-0.25, -0.2) is 49.5 Å². The molecule has 4 aromatic rings. The van der Waals surface area contributed by atoms with Crippen molar-refractivity contribution in [3.63, 3.8) is 0 Å². The average Bonchev–Trinajstić information content (AvgIpc) is 2.86. The molecular weight excluding hydrogens is 535 g/mol. The minimum absolute atomic E-state index is 0.0452. The third-order valence-electron chi connectivity index (χ3n) is 5.87. The van der Waals surface area contributed by atoms with Gasteiger partial charge in [0.25, 0.3) is 6.43 Å². The molecule has 0 aliphatic rings. The molecule has 0 unspecified atom stereocenters. The van der Waals surface area contributed by atoms with Crippen molar-refractivity contribution >= 4 is 5.83 Å². The van der Waals surface area contributed by atoms with Crippen LogP contribution < -0.4 is 0 Å². The monoisotopic (exact) mass is 552 g/mol. The Bertz CT molecular complexity index is 1510. The second-order valence-electron chi connectivity index (χ2n) is 8.52. The van der Waals surface area contributed by atoms with Crippen LogP contribution in [0.15, 0.2) is 60.7 Å². The SMILES string of the molecule is C/C(F)=C(\F)c1ccc(-c2cnc(CCc3cc(F)c(-c4cc(F)c(C(F)F)c(F)c4)c(F)c3)nc2)c(F)c1. The Hall–Kier alpha value is -4.15. The van der Waals surface area contributed by atoms with Gasteiger partial charge in [-0.15, -0.1) is 0 Å². The topological polar surface area (TPSA) is 25.8 Å². The largest absolute Gasteiger partial charge is 0.269 e. The molecular formula is C28H17F9N2. The van der Waals surface area contributed by atoms with Crippen molar-refractivity contribution in [1.29, 1.82) is 0 Å². The highest BCUT2D eigenvalue weighted by molar-refractivity contribution is 5.68. The molecule has 2 nitrogen and oxygen atoms in total. The number of nitrogens with zero attached hydrogens (tertiary/aromatic N) is 2. The maximum Gasteiger partial charge on any atom is 0.269 e. The molecule has 0 bridgehead atoms. The normalized spacial score (nSPS) is 12.2. The van der Waals surface area contributed by atoms with Crippen LogP contribution in [0.5, 0.6) is 0 Å². The van der Waals surface area contributed by atoms with Gasteiger partial charge in [0.1, 0.15) is 40.7 Å². The summed E-state index contributed by atoms with van der Waals surface area (Å²) in [7, 11) is 0. The summed E-state index contributed by atoms with van der Waals surface area (Å²) in [5.74, 6) is -8.41. The minimum Gasteiger partial charge on any atom is -0.241 e. The number of benzene rings is 3. The summed E-state index contributed by atoms with van der Waals surface area (Å²) in [6.45, 7) is 0.906. The highest BCUT2D eigenvalue weighted by atomic mass is 19.3. The van der Waals surface area contributed by atoms with Crippen molar-refractivity contribution in [2.24, 2.45) is 0 Å². The Kier molecular flexibility index (Phi) is 8.08. The lowest BCUT2D eigenvalue weighted by atomic mass is 9.98. The Balaban J connectivity index is 1.50. The molecule has 0 spiro atoms. The molecule has 0 aliphatic heterocycles. The zero-order valence-corrected chi connectivity index (χ0v) is 20.0. The highest BCUT2D eigenvalue weighted by Gasteiger charge is 2.23. The van der Waals surface area contributed by atoms with Crippen LogP contribution in [0.4, 0.5) is 39.5 Å². The van der Waals surface area contributed by atoms with Crippen LogP contribution in [0.2, 0.25) is 0 Å². The zero-order valence-electron chi connectivity index (χ0n) is 20.0. The molecule has 0 fully saturated rings. The minimum atomic E-state index is -3.44. The molecule has 0 N–H and O–H groups in total. The highest BCUT2D eigenvalue weighted by Crippen LogP contribution is 2.33. The van der Waals surface area contributed by atoms with Crippen molar-refractivity contribution in [2.75, 3.05) is 0 Å². The van der Waals surface area contributed by atoms with Crippen molar-refractivity contribution in [3.8, 4) is 22.3 Å². The number of hydrogen-bond acceptors (Lipinski definition) is 2. The Morgan fingerprint density at radius 2 is 1.31 bits per heavy atom. The second kappa shape index (κ2) is 11.3. The van der Waals surface area contributed by atoms with Crippen LogP contribution in [0.1, 0.15) is 35.9 Å². The van der Waals surface area contributed by atoms with Crippen molar-refractivity contribution in [1.82, 2.24) is 9.97 Å². The predicted molar refractivity (Wildman–Crippen MR) is 126 cm³/mol. The fourth-order valence-electron chi connectivity index (χ4n) is 3.95. The first-order valence-electron chi connectivity index (χ1n) is 11.3. The van der Waals surface area contributed by atoms with Crippen LogP contribution in [-0.4, -0.2) is 9.97 Å². The number of aromatic nitrogens is 2. The average molecular weight is 552 g/mol. The van der Waals surface area contributed by atoms with E-state index in [4.69, 9.17) is 0 Å². The van der Waals surface area contributed by atoms with Crippen LogP contribution in [0.25, 0.3) is 28.1 Å². The van der Waals surface area contributed by atoms with Crippen LogP contribution in [0.3, 0.4) is 0 Å². The molecule has 11 heteroatoms. The van der Waals surface area contributed by atoms with Gasteiger partial charge in [-0.05, 0) is 54.8 Å². The molecule has 0 saturated heterocycles. The maximum absolute atomic E-state index is 14.7. The van der Waals surface area contributed by atoms with Gasteiger partial charge in [0, 0.05) is 35.5 Å². The van der Waals surface area contributed by atoms with Gasteiger partial charge in [-0.2, -0.15) is 0 Å². The van der Waals surface area contributed by atoms with E-state index in [1.54, 1.807) is 0 Å². The lowest BCUT2D eigenvalue weighted by Crippen LogP contribution is -2.02. The Morgan fingerprint density at radius 1 is 0.718 bits per heavy atom. The van der Waals surface area contributed by atoms with E-state index in [2.05, 4.69) is 9.97 Å². The van der Waals surface area contributed by atoms with E-state index in [1.165, 1.54) is 24.5 Å². The molecule has 4 rings (SSSR count). The van der Waals surface area contributed by atoms with E-state index in [9.17, 15) is 39.5 Å². The van der Waals surface area contributed by atoms with Gasteiger partial charge < -0.3 is 0 Å². The van der Waals surface area contributed by atoms with Gasteiger partial charge in [-0.1, -0.05) is 12.1 Å². The number of allylic oxidation sites excluding steroid dienone is 1. The van der Waals surface area contributed by atoms with E-state index in [-0.39, 0.29) is 40.9 Å². The van der Waals surface area contributed by atoms with E-state index in [0.717, 1.165) is 25.1 Å². The van der Waals surface area contributed by atoms with E-state index < -0.39 is 63.9 Å². The molecule has 202 valence electrons. The van der Waals surface area contributed by atoms with Crippen LogP contribution in [-0.2, 0) is 12.8 Å². The Morgan fingerprint density at radius 3 is 1.82 bits per heavy atom. The third kappa shape index (κ3) is 5.97. The van der Waals surface area contributed by atoms with Crippen molar-refractivity contribution in [2.45, 2.75) is 26.2 Å². The molecule has 0 radical (unpaired) electrons. The molecule has 0 atom stereocenters. The van der Waals surface area contributed by atoms with Crippen LogP contribution in [0, 0.1) is 29.1 Å². The summed E-state index contributed by atoms with van der Waals surface area (Å²) in [5.41, 5.74) is -2.64. The smallest absolute Gasteiger partial charge is 0.241 e. The molecule has 0 saturated carbocycles. The summed E-state index contributed by atoms with van der Waals surface area (Å²) in [4.78, 5) is 8.19. The van der Waals surface area contributed by atoms with Gasteiger partial charge in [0.15, 0.2) is 5.83 Å². The fourth-order valence-corrected chi connectivity index (χ4v) is 3.95. The van der Waals surface area contributed by atoms with E-state index in [1.807, 2.05) is 0 Å². The number of aryl methyl sites for hydroxylation is 2.